The summed E-state index contributed by atoms with van der Waals surface area (Å²) in [5.74, 6) is 0.701. The molecule has 1 aliphatic rings. The Labute approximate surface area is 150 Å². The third kappa shape index (κ3) is 6.77. The van der Waals surface area contributed by atoms with Crippen molar-refractivity contribution in [3.63, 3.8) is 0 Å². The molecule has 1 aromatic rings. The molecule has 0 amide bonds. The highest BCUT2D eigenvalue weighted by atomic mass is 16.5. The first-order chi connectivity index (χ1) is 12.1. The van der Waals surface area contributed by atoms with E-state index in [9.17, 15) is 9.90 Å². The van der Waals surface area contributed by atoms with Crippen molar-refractivity contribution in [1.29, 1.82) is 0 Å². The van der Waals surface area contributed by atoms with Gasteiger partial charge in [0.25, 0.3) is 0 Å². The van der Waals surface area contributed by atoms with Gasteiger partial charge in [-0.1, -0.05) is 13.3 Å². The maximum absolute atomic E-state index is 11.6. The van der Waals surface area contributed by atoms with Crippen molar-refractivity contribution in [1.82, 2.24) is 4.90 Å². The van der Waals surface area contributed by atoms with Gasteiger partial charge in [0.05, 0.1) is 6.61 Å². The molecule has 1 unspecified atom stereocenters. The molecule has 0 spiro atoms. The summed E-state index contributed by atoms with van der Waals surface area (Å²) < 4.78 is 11.4. The average molecular weight is 349 g/mol. The number of hydrogen-bond donors (Lipinski definition) is 1. The number of aliphatic hydroxyl groups is 1. The molecule has 0 saturated carbocycles. The zero-order valence-corrected chi connectivity index (χ0v) is 15.5. The van der Waals surface area contributed by atoms with Gasteiger partial charge in [-0.15, -0.1) is 0 Å². The summed E-state index contributed by atoms with van der Waals surface area (Å²) in [7, 11) is 0. The number of carbonyl (C=O) groups is 1. The summed E-state index contributed by atoms with van der Waals surface area (Å²) in [4.78, 5) is 13.9. The number of hydrogen-bond acceptors (Lipinski definition) is 5. The highest BCUT2D eigenvalue weighted by Gasteiger charge is 2.16. The molecular weight excluding hydrogens is 318 g/mol. The molecule has 25 heavy (non-hydrogen) atoms. The van der Waals surface area contributed by atoms with Crippen LogP contribution in [-0.2, 0) is 11.3 Å². The minimum absolute atomic E-state index is 0.0217. The Balaban J connectivity index is 1.92. The quantitative estimate of drug-likeness (QED) is 0.520. The van der Waals surface area contributed by atoms with Crippen molar-refractivity contribution in [2.75, 3.05) is 32.8 Å². The van der Waals surface area contributed by atoms with Crippen LogP contribution in [0.2, 0.25) is 0 Å². The standard InChI is InChI=1S/C20H31NO4/c1-3-11-24-14-18-12-17(16(2)22)7-8-20(18)25-15-19(23)13-21-9-5-4-6-10-21/h7-8,12,19,23H,3-6,9-11,13-15H2,1-2H3. The van der Waals surface area contributed by atoms with Crippen LogP contribution in [0.3, 0.4) is 0 Å². The number of likely N-dealkylation sites (tertiary alicyclic amines) is 1. The molecule has 2 rings (SSSR count). The molecule has 1 heterocycles. The van der Waals surface area contributed by atoms with Crippen LogP contribution >= 0.6 is 0 Å². The fourth-order valence-electron chi connectivity index (χ4n) is 3.06. The molecule has 1 aliphatic heterocycles. The second-order valence-electron chi connectivity index (χ2n) is 6.76. The van der Waals surface area contributed by atoms with Gasteiger partial charge in [0.1, 0.15) is 18.5 Å². The van der Waals surface area contributed by atoms with Crippen LogP contribution in [0.4, 0.5) is 0 Å². The third-order valence-electron chi connectivity index (χ3n) is 4.42. The van der Waals surface area contributed by atoms with Crippen molar-refractivity contribution < 1.29 is 19.4 Å². The van der Waals surface area contributed by atoms with E-state index in [1.54, 1.807) is 19.1 Å². The highest BCUT2D eigenvalue weighted by Crippen LogP contribution is 2.22. The zero-order chi connectivity index (χ0) is 18.1. The number of ketones is 1. The third-order valence-corrected chi connectivity index (χ3v) is 4.42. The van der Waals surface area contributed by atoms with E-state index >= 15 is 0 Å². The van der Waals surface area contributed by atoms with E-state index in [0.29, 0.717) is 31.1 Å². The van der Waals surface area contributed by atoms with Crippen LogP contribution in [0.1, 0.15) is 55.5 Å². The summed E-state index contributed by atoms with van der Waals surface area (Å²) in [5.41, 5.74) is 1.50. The summed E-state index contributed by atoms with van der Waals surface area (Å²) in [5, 5.41) is 10.3. The zero-order valence-electron chi connectivity index (χ0n) is 15.5. The largest absolute Gasteiger partial charge is 0.490 e. The second-order valence-corrected chi connectivity index (χ2v) is 6.76. The Morgan fingerprint density at radius 2 is 2.04 bits per heavy atom. The van der Waals surface area contributed by atoms with Crippen molar-refractivity contribution in [2.24, 2.45) is 0 Å². The molecule has 5 nitrogen and oxygen atoms in total. The Kier molecular flexibility index (Phi) is 8.38. The number of carbonyl (C=O) groups excluding carboxylic acids is 1. The molecule has 0 aliphatic carbocycles. The Bertz CT molecular complexity index is 540. The molecule has 1 saturated heterocycles. The molecular formula is C20H31NO4. The van der Waals surface area contributed by atoms with Crippen molar-refractivity contribution in [3.8, 4) is 5.75 Å². The van der Waals surface area contributed by atoms with Crippen LogP contribution in [0.25, 0.3) is 0 Å². The van der Waals surface area contributed by atoms with Crippen molar-refractivity contribution in [3.05, 3.63) is 29.3 Å². The summed E-state index contributed by atoms with van der Waals surface area (Å²) in [6.07, 6.45) is 4.12. The van der Waals surface area contributed by atoms with Crippen molar-refractivity contribution >= 4 is 5.78 Å². The lowest BCUT2D eigenvalue weighted by Crippen LogP contribution is -2.38. The average Bonchev–Trinajstić information content (AvgIpc) is 2.61. The number of aliphatic hydroxyl groups excluding tert-OH is 1. The number of β-amino-alcohol motifs (C(OH)–C–C–N with tert-alkyl or cyclic N) is 1. The fraction of sp³-hybridized carbons (Fsp3) is 0.650. The first-order valence-electron chi connectivity index (χ1n) is 9.35. The van der Waals surface area contributed by atoms with Gasteiger partial charge < -0.3 is 19.5 Å². The Hall–Kier alpha value is -1.43. The van der Waals surface area contributed by atoms with Crippen LogP contribution < -0.4 is 4.74 Å². The first-order valence-corrected chi connectivity index (χ1v) is 9.35. The minimum Gasteiger partial charge on any atom is -0.490 e. The normalized spacial score (nSPS) is 16.6. The number of piperidine rings is 1. The molecule has 1 N–H and O–H groups in total. The van der Waals surface area contributed by atoms with Gasteiger partial charge in [0.2, 0.25) is 0 Å². The molecule has 1 fully saturated rings. The number of Topliss-reactive ketones (excluding diaryl/α,β-unsaturated/α-hetero) is 1. The lowest BCUT2D eigenvalue weighted by Gasteiger charge is -2.28. The molecule has 1 aromatic carbocycles. The lowest BCUT2D eigenvalue weighted by atomic mass is 10.1. The van der Waals surface area contributed by atoms with Gasteiger partial charge in [-0.25, -0.2) is 0 Å². The van der Waals surface area contributed by atoms with Crippen LogP contribution in [-0.4, -0.2) is 54.7 Å². The number of ether oxygens (including phenoxy) is 2. The molecule has 1 atom stereocenters. The lowest BCUT2D eigenvalue weighted by molar-refractivity contribution is 0.0598. The molecule has 0 radical (unpaired) electrons. The first kappa shape index (κ1) is 19.9. The van der Waals surface area contributed by atoms with Crippen LogP contribution in [0.5, 0.6) is 5.75 Å². The fourth-order valence-corrected chi connectivity index (χ4v) is 3.06. The smallest absolute Gasteiger partial charge is 0.159 e. The van der Waals surface area contributed by atoms with E-state index in [1.807, 2.05) is 6.07 Å². The van der Waals surface area contributed by atoms with Crippen LogP contribution in [0, 0.1) is 0 Å². The Morgan fingerprint density at radius 1 is 1.28 bits per heavy atom. The van der Waals surface area contributed by atoms with E-state index in [0.717, 1.165) is 25.1 Å². The maximum Gasteiger partial charge on any atom is 0.159 e. The van der Waals surface area contributed by atoms with E-state index in [4.69, 9.17) is 9.47 Å². The minimum atomic E-state index is -0.519. The topological polar surface area (TPSA) is 59.0 Å². The van der Waals surface area contributed by atoms with Gasteiger partial charge in [0.15, 0.2) is 5.78 Å². The molecule has 140 valence electrons. The number of rotatable bonds is 10. The van der Waals surface area contributed by atoms with Gasteiger partial charge >= 0.3 is 0 Å². The van der Waals surface area contributed by atoms with E-state index < -0.39 is 6.10 Å². The number of benzene rings is 1. The Morgan fingerprint density at radius 3 is 2.72 bits per heavy atom. The molecule has 5 heteroatoms. The summed E-state index contributed by atoms with van der Waals surface area (Å²) in [6, 6.07) is 5.39. The number of nitrogens with zero attached hydrogens (tertiary/aromatic N) is 1. The molecule has 0 aromatic heterocycles. The van der Waals surface area contributed by atoms with E-state index in [1.165, 1.54) is 19.3 Å². The van der Waals surface area contributed by atoms with Crippen LogP contribution in [0.15, 0.2) is 18.2 Å². The predicted molar refractivity (Wildman–Crippen MR) is 98.2 cm³/mol. The maximum atomic E-state index is 11.6. The summed E-state index contributed by atoms with van der Waals surface area (Å²) >= 11 is 0. The van der Waals surface area contributed by atoms with E-state index in [2.05, 4.69) is 11.8 Å². The van der Waals surface area contributed by atoms with Crippen molar-refractivity contribution in [2.45, 2.75) is 52.2 Å². The van der Waals surface area contributed by atoms with Gasteiger partial charge in [-0.3, -0.25) is 4.79 Å². The second kappa shape index (κ2) is 10.5. The van der Waals surface area contributed by atoms with Gasteiger partial charge in [-0.05, 0) is 57.5 Å². The highest BCUT2D eigenvalue weighted by molar-refractivity contribution is 5.94. The molecule has 0 bridgehead atoms. The predicted octanol–water partition coefficient (Wildman–Crippen LogP) is 3.04. The monoisotopic (exact) mass is 349 g/mol. The van der Waals surface area contributed by atoms with Gasteiger partial charge in [0, 0.05) is 24.3 Å². The SMILES string of the molecule is CCCOCc1cc(C(C)=O)ccc1OCC(O)CN1CCCCC1. The summed E-state index contributed by atoms with van der Waals surface area (Å²) in [6.45, 7) is 7.69. The van der Waals surface area contributed by atoms with Gasteiger partial charge in [-0.2, -0.15) is 0 Å². The van der Waals surface area contributed by atoms with E-state index in [-0.39, 0.29) is 12.4 Å².